The van der Waals surface area contributed by atoms with Crippen LogP contribution < -0.4 is 4.90 Å². The summed E-state index contributed by atoms with van der Waals surface area (Å²) >= 11 is 0. The maximum Gasteiger partial charge on any atom is 0.417 e. The first-order chi connectivity index (χ1) is 13.3. The number of hydrogen-bond donors (Lipinski definition) is 0. The molecule has 0 bridgehead atoms. The number of nitrogens with zero attached hydrogens (tertiary/aromatic N) is 3. The van der Waals surface area contributed by atoms with Gasteiger partial charge in [-0.05, 0) is 30.3 Å². The van der Waals surface area contributed by atoms with Crippen molar-refractivity contribution in [3.63, 3.8) is 0 Å². The van der Waals surface area contributed by atoms with Crippen LogP contribution in [-0.4, -0.2) is 41.5 Å². The normalized spacial score (nSPS) is 15.2. The van der Waals surface area contributed by atoms with Gasteiger partial charge in [0, 0.05) is 43.7 Å². The first kappa shape index (κ1) is 18.5. The molecular weight excluding hydrogens is 371 g/mol. The second-order valence-corrected chi connectivity index (χ2v) is 6.67. The van der Waals surface area contributed by atoms with Crippen LogP contribution in [0, 0.1) is 0 Å². The Kier molecular flexibility index (Phi) is 4.58. The van der Waals surface area contributed by atoms with Gasteiger partial charge in [0.1, 0.15) is 0 Å². The smallest absolute Gasteiger partial charge is 0.378 e. The third kappa shape index (κ3) is 3.35. The van der Waals surface area contributed by atoms with Crippen molar-refractivity contribution in [2.75, 3.05) is 31.2 Å². The fourth-order valence-electron chi connectivity index (χ4n) is 3.40. The molecule has 4 rings (SSSR count). The molecule has 0 radical (unpaired) electrons. The monoisotopic (exact) mass is 389 g/mol. The Labute approximate surface area is 159 Å². The second kappa shape index (κ2) is 6.94. The number of ether oxygens (including phenoxy) is 1. The first-order valence-electron chi connectivity index (χ1n) is 8.87. The van der Waals surface area contributed by atoms with Crippen molar-refractivity contribution in [1.29, 1.82) is 0 Å². The van der Waals surface area contributed by atoms with Crippen LogP contribution in [0.4, 0.5) is 18.9 Å². The molecule has 28 heavy (non-hydrogen) atoms. The van der Waals surface area contributed by atoms with Crippen LogP contribution >= 0.6 is 0 Å². The lowest BCUT2D eigenvalue weighted by molar-refractivity contribution is -0.137. The molecule has 0 saturated carbocycles. The van der Waals surface area contributed by atoms with Gasteiger partial charge in [0.15, 0.2) is 5.78 Å². The molecule has 1 saturated heterocycles. The number of rotatable bonds is 3. The number of morpholine rings is 1. The molecule has 8 heteroatoms. The molecular formula is C20H18F3N3O2. The lowest BCUT2D eigenvalue weighted by Gasteiger charge is -2.29. The Hall–Kier alpha value is -2.87. The number of Topliss-reactive ketones (excluding diaryl/α,β-unsaturated/α-hetero) is 1. The van der Waals surface area contributed by atoms with Crippen LogP contribution in [0.1, 0.15) is 23.0 Å². The van der Waals surface area contributed by atoms with Gasteiger partial charge >= 0.3 is 6.18 Å². The van der Waals surface area contributed by atoms with Gasteiger partial charge in [0.2, 0.25) is 0 Å². The Balaban J connectivity index is 1.83. The van der Waals surface area contributed by atoms with Crippen molar-refractivity contribution < 1.29 is 22.7 Å². The molecule has 0 unspecified atom stereocenters. The summed E-state index contributed by atoms with van der Waals surface area (Å²) in [4.78, 5) is 18.2. The highest BCUT2D eigenvalue weighted by atomic mass is 19.4. The molecule has 5 nitrogen and oxygen atoms in total. The summed E-state index contributed by atoms with van der Waals surface area (Å²) in [5.41, 5.74) is 2.35. The van der Waals surface area contributed by atoms with Crippen molar-refractivity contribution in [2.45, 2.75) is 13.1 Å². The first-order valence-corrected chi connectivity index (χ1v) is 8.87. The van der Waals surface area contributed by atoms with Crippen LogP contribution in [0.2, 0.25) is 0 Å². The van der Waals surface area contributed by atoms with Crippen molar-refractivity contribution in [3.8, 4) is 11.3 Å². The number of pyridine rings is 2. The predicted molar refractivity (Wildman–Crippen MR) is 98.7 cm³/mol. The van der Waals surface area contributed by atoms with E-state index in [1.165, 1.54) is 13.0 Å². The van der Waals surface area contributed by atoms with E-state index in [0.717, 1.165) is 36.6 Å². The van der Waals surface area contributed by atoms with E-state index >= 15 is 0 Å². The van der Waals surface area contributed by atoms with E-state index in [1.807, 2.05) is 18.3 Å². The number of anilines is 1. The fraction of sp³-hybridized carbons (Fsp3) is 0.300. The molecule has 1 aliphatic heterocycles. The minimum atomic E-state index is -4.44. The number of alkyl halides is 3. The van der Waals surface area contributed by atoms with E-state index in [1.54, 1.807) is 10.5 Å². The number of hydrogen-bond acceptors (Lipinski definition) is 4. The number of ketones is 1. The quantitative estimate of drug-likeness (QED) is 0.634. The summed E-state index contributed by atoms with van der Waals surface area (Å²) in [6, 6.07) is 7.88. The van der Waals surface area contributed by atoms with Crippen molar-refractivity contribution in [1.82, 2.24) is 9.38 Å². The lowest BCUT2D eigenvalue weighted by atomic mass is 10.1. The van der Waals surface area contributed by atoms with Gasteiger partial charge in [0.05, 0.1) is 35.7 Å². The number of fused-ring (bicyclic) bond motifs is 1. The summed E-state index contributed by atoms with van der Waals surface area (Å²) < 4.78 is 45.7. The molecule has 0 N–H and O–H groups in total. The maximum atomic E-state index is 12.8. The van der Waals surface area contributed by atoms with Crippen LogP contribution in [-0.2, 0) is 10.9 Å². The highest BCUT2D eigenvalue weighted by molar-refractivity contribution is 5.98. The molecule has 0 atom stereocenters. The van der Waals surface area contributed by atoms with E-state index in [0.29, 0.717) is 30.2 Å². The summed E-state index contributed by atoms with van der Waals surface area (Å²) in [5.74, 6) is -0.132. The zero-order valence-corrected chi connectivity index (χ0v) is 15.2. The summed E-state index contributed by atoms with van der Waals surface area (Å²) in [6.07, 6.45) is -1.81. The molecule has 146 valence electrons. The molecule has 0 spiro atoms. The number of carbonyl (C=O) groups is 1. The second-order valence-electron chi connectivity index (χ2n) is 6.67. The fourth-order valence-corrected chi connectivity index (χ4v) is 3.40. The van der Waals surface area contributed by atoms with Gasteiger partial charge in [-0.2, -0.15) is 13.2 Å². The van der Waals surface area contributed by atoms with Crippen LogP contribution in [0.15, 0.2) is 42.7 Å². The Bertz CT molecular complexity index is 1020. The minimum absolute atomic E-state index is 0.132. The molecule has 0 amide bonds. The maximum absolute atomic E-state index is 12.8. The molecule has 1 fully saturated rings. The Morgan fingerprint density at radius 3 is 2.50 bits per heavy atom. The van der Waals surface area contributed by atoms with E-state index in [2.05, 4.69) is 9.88 Å². The topological polar surface area (TPSA) is 46.8 Å². The van der Waals surface area contributed by atoms with E-state index in [4.69, 9.17) is 4.74 Å². The van der Waals surface area contributed by atoms with Gasteiger partial charge in [-0.3, -0.25) is 9.78 Å². The van der Waals surface area contributed by atoms with Crippen molar-refractivity contribution in [3.05, 3.63) is 54.0 Å². The average molecular weight is 389 g/mol. The highest BCUT2D eigenvalue weighted by Gasteiger charge is 2.31. The summed E-state index contributed by atoms with van der Waals surface area (Å²) in [5, 5.41) is 0. The number of carbonyl (C=O) groups excluding carboxylic acids is 1. The van der Waals surface area contributed by atoms with E-state index in [-0.39, 0.29) is 5.78 Å². The SMILES string of the molecule is CC(=O)c1cc(-c2ccc(C(F)(F)F)cn2)c2cc(N3CCOCC3)ccn12. The van der Waals surface area contributed by atoms with Gasteiger partial charge in [-0.25, -0.2) is 0 Å². The molecule has 1 aliphatic rings. The number of aromatic nitrogens is 2. The van der Waals surface area contributed by atoms with Crippen LogP contribution in [0.5, 0.6) is 0 Å². The van der Waals surface area contributed by atoms with Gasteiger partial charge in [0.25, 0.3) is 0 Å². The average Bonchev–Trinajstić information content (AvgIpc) is 3.07. The van der Waals surface area contributed by atoms with Gasteiger partial charge < -0.3 is 14.0 Å². The Morgan fingerprint density at radius 1 is 1.14 bits per heavy atom. The molecule has 0 aliphatic carbocycles. The van der Waals surface area contributed by atoms with Crippen molar-refractivity contribution >= 4 is 17.0 Å². The van der Waals surface area contributed by atoms with Crippen LogP contribution in [0.3, 0.4) is 0 Å². The van der Waals surface area contributed by atoms with Gasteiger partial charge in [-0.15, -0.1) is 0 Å². The third-order valence-electron chi connectivity index (χ3n) is 4.86. The lowest BCUT2D eigenvalue weighted by Crippen LogP contribution is -2.36. The zero-order chi connectivity index (χ0) is 19.9. The third-order valence-corrected chi connectivity index (χ3v) is 4.86. The van der Waals surface area contributed by atoms with E-state index in [9.17, 15) is 18.0 Å². The van der Waals surface area contributed by atoms with Crippen molar-refractivity contribution in [2.24, 2.45) is 0 Å². The minimum Gasteiger partial charge on any atom is -0.378 e. The van der Waals surface area contributed by atoms with Crippen LogP contribution in [0.25, 0.3) is 16.8 Å². The zero-order valence-electron chi connectivity index (χ0n) is 15.2. The standard InChI is InChI=1S/C20H18F3N3O2/c1-13(27)18-11-16(17-3-2-14(12-24-17)20(21,22)23)19-10-15(4-5-26(18)19)25-6-8-28-9-7-25/h2-5,10-12H,6-9H2,1H3. The summed E-state index contributed by atoms with van der Waals surface area (Å²) in [7, 11) is 0. The predicted octanol–water partition coefficient (Wildman–Crippen LogP) is 4.06. The summed E-state index contributed by atoms with van der Waals surface area (Å²) in [6.45, 7) is 4.24. The Morgan fingerprint density at radius 2 is 1.89 bits per heavy atom. The van der Waals surface area contributed by atoms with Gasteiger partial charge in [-0.1, -0.05) is 0 Å². The molecule has 3 aromatic heterocycles. The largest absolute Gasteiger partial charge is 0.417 e. The number of halogens is 3. The van der Waals surface area contributed by atoms with E-state index < -0.39 is 11.7 Å². The molecule has 0 aromatic carbocycles. The molecule has 3 aromatic rings. The highest BCUT2D eigenvalue weighted by Crippen LogP contribution is 2.33. The molecule has 4 heterocycles.